The average Bonchev–Trinajstić information content (AvgIpc) is 2.81. The number of benzene rings is 2. The number of rotatable bonds is 12. The molecule has 0 spiro atoms. The third-order valence-electron chi connectivity index (χ3n) is 7.09. The topological polar surface area (TPSA) is 98.5 Å². The Hall–Kier alpha value is -2.38. The molecule has 0 saturated heterocycles. The number of carbonyl (C=O) groups excluding carboxylic acids is 1. The van der Waals surface area contributed by atoms with Crippen molar-refractivity contribution in [2.45, 2.75) is 102 Å². The molecule has 3 N–H and O–H groups in total. The minimum Gasteiger partial charge on any atom is -0.480 e. The summed E-state index contributed by atoms with van der Waals surface area (Å²) >= 11 is 0. The van der Waals surface area contributed by atoms with Gasteiger partial charge in [0.15, 0.2) is 6.10 Å². The molecule has 1 unspecified atom stereocenters. The van der Waals surface area contributed by atoms with Crippen LogP contribution in [0, 0.1) is 0 Å². The minimum absolute atomic E-state index is 0.00388. The Balaban J connectivity index is 2.38. The van der Waals surface area contributed by atoms with Crippen LogP contribution in [0.15, 0.2) is 47.4 Å². The maximum absolute atomic E-state index is 13.2. The van der Waals surface area contributed by atoms with E-state index in [9.17, 15) is 13.2 Å². The smallest absolute Gasteiger partial charge is 0.265 e. The predicted octanol–water partition coefficient (Wildman–Crippen LogP) is 6.29. The van der Waals surface area contributed by atoms with Crippen molar-refractivity contribution in [3.8, 4) is 5.75 Å². The number of nitrogens with one attached hydrogen (secondary N) is 1. The summed E-state index contributed by atoms with van der Waals surface area (Å²) in [5, 5.41) is 8.04. The van der Waals surface area contributed by atoms with Crippen molar-refractivity contribution >= 4 is 21.6 Å². The van der Waals surface area contributed by atoms with E-state index >= 15 is 0 Å². The molecule has 1 amide bonds. The summed E-state index contributed by atoms with van der Waals surface area (Å²) in [7, 11) is -3.79. The summed E-state index contributed by atoms with van der Waals surface area (Å²) in [6.07, 6.45) is 3.63. The van der Waals surface area contributed by atoms with Crippen LogP contribution in [0.1, 0.15) is 91.7 Å². The number of anilines is 1. The first-order chi connectivity index (χ1) is 16.2. The lowest BCUT2D eigenvalue weighted by molar-refractivity contribution is -0.123. The number of sulfonamides is 1. The molecule has 0 aliphatic carbocycles. The normalized spacial score (nSPS) is 13.4. The molecule has 35 heavy (non-hydrogen) atoms. The summed E-state index contributed by atoms with van der Waals surface area (Å²) in [6.45, 7) is 15.3. The van der Waals surface area contributed by atoms with Gasteiger partial charge in [0.05, 0.1) is 4.90 Å². The lowest BCUT2D eigenvalue weighted by atomic mass is 9.76. The van der Waals surface area contributed by atoms with Crippen LogP contribution in [0.4, 0.5) is 5.69 Å². The lowest BCUT2D eigenvalue weighted by Crippen LogP contribution is -2.34. The molecule has 6 nitrogen and oxygen atoms in total. The lowest BCUT2D eigenvalue weighted by Gasteiger charge is -2.31. The monoisotopic (exact) mass is 502 g/mol. The van der Waals surface area contributed by atoms with Gasteiger partial charge in [-0.2, -0.15) is 0 Å². The van der Waals surface area contributed by atoms with Crippen molar-refractivity contribution in [2.24, 2.45) is 5.14 Å². The van der Waals surface area contributed by atoms with E-state index in [1.165, 1.54) is 29.8 Å². The molecule has 0 heterocycles. The van der Waals surface area contributed by atoms with Gasteiger partial charge in [-0.15, -0.1) is 0 Å². The van der Waals surface area contributed by atoms with Crippen LogP contribution in [0.3, 0.4) is 0 Å². The summed E-state index contributed by atoms with van der Waals surface area (Å²) in [5.74, 6) is 0.466. The molecule has 0 aliphatic heterocycles. The van der Waals surface area contributed by atoms with Crippen molar-refractivity contribution in [1.29, 1.82) is 0 Å². The van der Waals surface area contributed by atoms with Crippen molar-refractivity contribution in [3.05, 3.63) is 53.6 Å². The quantitative estimate of drug-likeness (QED) is 0.356. The molecule has 0 aliphatic rings. The van der Waals surface area contributed by atoms with Crippen molar-refractivity contribution < 1.29 is 17.9 Å². The molecular weight excluding hydrogens is 460 g/mol. The first-order valence-electron chi connectivity index (χ1n) is 12.5. The second-order valence-corrected chi connectivity index (χ2v) is 12.1. The Morgan fingerprint density at radius 2 is 1.57 bits per heavy atom. The van der Waals surface area contributed by atoms with Gasteiger partial charge in [-0.25, -0.2) is 13.6 Å². The second kappa shape index (κ2) is 11.6. The number of hydrogen-bond acceptors (Lipinski definition) is 4. The molecule has 1 atom stereocenters. The summed E-state index contributed by atoms with van der Waals surface area (Å²) in [5.41, 5.74) is 2.77. The molecule has 194 valence electrons. The number of ether oxygens (including phenoxy) is 1. The van der Waals surface area contributed by atoms with Gasteiger partial charge >= 0.3 is 0 Å². The molecule has 0 fully saturated rings. The van der Waals surface area contributed by atoms with Crippen molar-refractivity contribution in [3.63, 3.8) is 0 Å². The van der Waals surface area contributed by atoms with E-state index in [-0.39, 0.29) is 21.6 Å². The fraction of sp³-hybridized carbons (Fsp3) is 0.536. The summed E-state index contributed by atoms with van der Waals surface area (Å²) < 4.78 is 29.4. The van der Waals surface area contributed by atoms with Crippen LogP contribution in [0.25, 0.3) is 0 Å². The van der Waals surface area contributed by atoms with E-state index in [2.05, 4.69) is 65.9 Å². The first kappa shape index (κ1) is 28.9. The molecule has 2 rings (SSSR count). The molecular formula is C28H42N2O4S. The Morgan fingerprint density at radius 3 is 2.09 bits per heavy atom. The molecule has 7 heteroatoms. The maximum atomic E-state index is 13.2. The molecule has 0 radical (unpaired) electrons. The molecule has 0 bridgehead atoms. The largest absolute Gasteiger partial charge is 0.480 e. The van der Waals surface area contributed by atoms with Crippen LogP contribution in [-0.2, 0) is 25.6 Å². The zero-order valence-corrected chi connectivity index (χ0v) is 23.1. The van der Waals surface area contributed by atoms with Gasteiger partial charge in [-0.3, -0.25) is 4.79 Å². The Morgan fingerprint density at radius 1 is 0.971 bits per heavy atom. The second-order valence-electron chi connectivity index (χ2n) is 10.5. The van der Waals surface area contributed by atoms with Crippen LogP contribution >= 0.6 is 0 Å². The van der Waals surface area contributed by atoms with Gasteiger partial charge < -0.3 is 10.1 Å². The van der Waals surface area contributed by atoms with E-state index in [1.54, 1.807) is 0 Å². The Bertz CT molecular complexity index is 1110. The highest BCUT2D eigenvalue weighted by Crippen LogP contribution is 2.39. The molecule has 2 aromatic rings. The number of unbranched alkanes of at least 4 members (excludes halogenated alkanes) is 1. The average molecular weight is 503 g/mol. The van der Waals surface area contributed by atoms with Gasteiger partial charge in [0, 0.05) is 11.3 Å². The molecule has 0 saturated carbocycles. The van der Waals surface area contributed by atoms with Gasteiger partial charge in [-0.05, 0) is 72.4 Å². The summed E-state index contributed by atoms with van der Waals surface area (Å²) in [6, 6.07) is 12.2. The van der Waals surface area contributed by atoms with E-state index in [4.69, 9.17) is 9.88 Å². The van der Waals surface area contributed by atoms with Crippen LogP contribution < -0.4 is 15.2 Å². The highest BCUT2D eigenvalue weighted by atomic mass is 32.2. The van der Waals surface area contributed by atoms with E-state index in [1.807, 2.05) is 6.07 Å². The zero-order chi connectivity index (χ0) is 26.4. The van der Waals surface area contributed by atoms with Gasteiger partial charge in [-0.1, -0.05) is 67.0 Å². The van der Waals surface area contributed by atoms with Gasteiger partial charge in [0.2, 0.25) is 10.0 Å². The number of amides is 1. The third kappa shape index (κ3) is 7.55. The number of nitrogens with two attached hydrogens (primary N) is 1. The Labute approximate surface area is 211 Å². The maximum Gasteiger partial charge on any atom is 0.265 e. The van der Waals surface area contributed by atoms with Gasteiger partial charge in [0.1, 0.15) is 5.75 Å². The number of carbonyl (C=O) groups is 1. The minimum atomic E-state index is -3.79. The van der Waals surface area contributed by atoms with Crippen LogP contribution in [0.5, 0.6) is 5.75 Å². The van der Waals surface area contributed by atoms with E-state index < -0.39 is 16.1 Å². The zero-order valence-electron chi connectivity index (χ0n) is 22.3. The third-order valence-corrected chi connectivity index (χ3v) is 8.02. The van der Waals surface area contributed by atoms with Crippen LogP contribution in [-0.4, -0.2) is 20.4 Å². The fourth-order valence-electron chi connectivity index (χ4n) is 3.71. The Kier molecular flexibility index (Phi) is 9.54. The van der Waals surface area contributed by atoms with Crippen molar-refractivity contribution in [2.75, 3.05) is 5.32 Å². The van der Waals surface area contributed by atoms with Crippen molar-refractivity contribution in [1.82, 2.24) is 0 Å². The predicted molar refractivity (Wildman–Crippen MR) is 143 cm³/mol. The molecule has 0 aromatic heterocycles. The van der Waals surface area contributed by atoms with E-state index in [0.29, 0.717) is 12.1 Å². The number of primary sulfonamides is 1. The van der Waals surface area contributed by atoms with Gasteiger partial charge in [0.25, 0.3) is 5.91 Å². The fourth-order valence-corrected chi connectivity index (χ4v) is 4.23. The standard InChI is InChI=1S/C28H42N2O4S/c1-8-11-12-25(26(31)30-21-14-16-22(17-15-21)35(29,32)33)34-24-18-13-20(27(4,5)9-2)19-23(24)28(6,7)10-3/h13-19,25H,8-12H2,1-7H3,(H,30,31)(H2,29,32,33). The number of hydrogen-bond donors (Lipinski definition) is 2. The SMILES string of the molecule is CCCCC(Oc1ccc(C(C)(C)CC)cc1C(C)(C)CC)C(=O)Nc1ccc(S(N)(=O)=O)cc1. The summed E-state index contributed by atoms with van der Waals surface area (Å²) in [4.78, 5) is 13.2. The van der Waals surface area contributed by atoms with Crippen LogP contribution in [0.2, 0.25) is 0 Å². The first-order valence-corrected chi connectivity index (χ1v) is 14.0. The highest BCUT2D eigenvalue weighted by molar-refractivity contribution is 7.89. The highest BCUT2D eigenvalue weighted by Gasteiger charge is 2.29. The molecule has 2 aromatic carbocycles. The van der Waals surface area contributed by atoms with E-state index in [0.717, 1.165) is 37.0 Å².